The van der Waals surface area contributed by atoms with Crippen LogP contribution < -0.4 is 10.6 Å². The number of nitrogens with one attached hydrogen (secondary N) is 2. The van der Waals surface area contributed by atoms with Gasteiger partial charge in [-0.3, -0.25) is 4.99 Å². The van der Waals surface area contributed by atoms with Gasteiger partial charge in [-0.05, 0) is 6.92 Å². The number of aliphatic imine (C=N–C) groups is 1. The number of aryl methyl sites for hydroxylation is 1. The van der Waals surface area contributed by atoms with Crippen molar-refractivity contribution in [3.63, 3.8) is 0 Å². The molecule has 1 aromatic rings. The van der Waals surface area contributed by atoms with Gasteiger partial charge in [0.2, 0.25) is 0 Å². The highest BCUT2D eigenvalue weighted by atomic mass is 32.1. The first-order valence-corrected chi connectivity index (χ1v) is 6.15. The summed E-state index contributed by atoms with van der Waals surface area (Å²) in [5.41, 5.74) is 0. The van der Waals surface area contributed by atoms with Gasteiger partial charge in [-0.25, -0.2) is 4.98 Å². The molecule has 1 heterocycles. The fraction of sp³-hybridized carbons (Fsp3) is 0.600. The van der Waals surface area contributed by atoms with Crippen molar-refractivity contribution in [1.82, 2.24) is 15.6 Å². The highest BCUT2D eigenvalue weighted by molar-refractivity contribution is 7.11. The molecule has 0 aliphatic rings. The summed E-state index contributed by atoms with van der Waals surface area (Å²) in [5, 5.41) is 6.48. The molecule has 0 aliphatic heterocycles. The number of halogens is 3. The lowest BCUT2D eigenvalue weighted by Gasteiger charge is -2.12. The van der Waals surface area contributed by atoms with Crippen LogP contribution in [-0.4, -0.2) is 30.7 Å². The largest absolute Gasteiger partial charge is 0.390 e. The van der Waals surface area contributed by atoms with Gasteiger partial charge in [-0.2, -0.15) is 13.2 Å². The summed E-state index contributed by atoms with van der Waals surface area (Å²) >= 11 is 1.53. The van der Waals surface area contributed by atoms with E-state index in [0.717, 1.165) is 9.88 Å². The number of nitrogens with zero attached hydrogens (tertiary/aromatic N) is 2. The second kappa shape index (κ2) is 6.58. The van der Waals surface area contributed by atoms with Crippen LogP contribution in [0.15, 0.2) is 11.2 Å². The molecule has 0 unspecified atom stereocenters. The molecule has 0 spiro atoms. The number of hydrogen-bond donors (Lipinski definition) is 2. The first kappa shape index (κ1) is 14.7. The molecule has 0 aliphatic carbocycles. The molecule has 0 saturated carbocycles. The van der Waals surface area contributed by atoms with Crippen LogP contribution in [-0.2, 0) is 6.54 Å². The first-order valence-electron chi connectivity index (χ1n) is 5.33. The Kier molecular flexibility index (Phi) is 5.39. The van der Waals surface area contributed by atoms with Crippen LogP contribution in [0.4, 0.5) is 13.2 Å². The van der Waals surface area contributed by atoms with Crippen molar-refractivity contribution in [2.45, 2.75) is 26.1 Å². The smallest absolute Gasteiger partial charge is 0.356 e. The van der Waals surface area contributed by atoms with Crippen molar-refractivity contribution in [3.05, 3.63) is 16.1 Å². The van der Waals surface area contributed by atoms with Crippen LogP contribution in [0.2, 0.25) is 0 Å². The summed E-state index contributed by atoms with van der Waals surface area (Å²) in [4.78, 5) is 8.93. The SMILES string of the molecule is CN=C(NCCC(F)(F)F)NCc1cnc(C)s1. The van der Waals surface area contributed by atoms with E-state index in [0.29, 0.717) is 12.5 Å². The molecule has 2 N–H and O–H groups in total. The molecule has 0 fully saturated rings. The van der Waals surface area contributed by atoms with Gasteiger partial charge in [0.1, 0.15) is 0 Å². The topological polar surface area (TPSA) is 49.3 Å². The van der Waals surface area contributed by atoms with Gasteiger partial charge in [-0.15, -0.1) is 11.3 Å². The van der Waals surface area contributed by atoms with Crippen LogP contribution in [0.5, 0.6) is 0 Å². The minimum atomic E-state index is -4.15. The lowest BCUT2D eigenvalue weighted by molar-refractivity contribution is -0.132. The zero-order valence-electron chi connectivity index (χ0n) is 10.1. The number of hydrogen-bond acceptors (Lipinski definition) is 3. The Labute approximate surface area is 107 Å². The van der Waals surface area contributed by atoms with Crippen molar-refractivity contribution in [3.8, 4) is 0 Å². The number of aromatic nitrogens is 1. The van der Waals surface area contributed by atoms with Gasteiger partial charge < -0.3 is 10.6 Å². The lowest BCUT2D eigenvalue weighted by atomic mass is 10.4. The molecule has 8 heteroatoms. The molecule has 0 amide bonds. The Balaban J connectivity index is 2.30. The van der Waals surface area contributed by atoms with E-state index in [9.17, 15) is 13.2 Å². The number of alkyl halides is 3. The summed E-state index contributed by atoms with van der Waals surface area (Å²) in [6.07, 6.45) is -3.30. The molecule has 0 radical (unpaired) electrons. The minimum Gasteiger partial charge on any atom is -0.356 e. The predicted molar refractivity (Wildman–Crippen MR) is 65.7 cm³/mol. The van der Waals surface area contributed by atoms with Gasteiger partial charge in [0, 0.05) is 24.7 Å². The van der Waals surface area contributed by atoms with Crippen LogP contribution >= 0.6 is 11.3 Å². The molecule has 4 nitrogen and oxygen atoms in total. The van der Waals surface area contributed by atoms with Gasteiger partial charge in [0.25, 0.3) is 0 Å². The van der Waals surface area contributed by atoms with E-state index < -0.39 is 12.6 Å². The van der Waals surface area contributed by atoms with Crippen molar-refractivity contribution in [2.75, 3.05) is 13.6 Å². The van der Waals surface area contributed by atoms with E-state index in [1.807, 2.05) is 6.92 Å². The maximum Gasteiger partial charge on any atom is 0.390 e. The average Bonchev–Trinajstić information content (AvgIpc) is 2.67. The fourth-order valence-electron chi connectivity index (χ4n) is 1.20. The summed E-state index contributed by atoms with van der Waals surface area (Å²) in [5.74, 6) is 0.352. The zero-order valence-corrected chi connectivity index (χ0v) is 11.0. The second-order valence-electron chi connectivity index (χ2n) is 3.56. The molecule has 18 heavy (non-hydrogen) atoms. The number of rotatable bonds is 4. The Morgan fingerprint density at radius 2 is 2.17 bits per heavy atom. The molecule has 0 saturated heterocycles. The summed E-state index contributed by atoms with van der Waals surface area (Å²) in [7, 11) is 1.51. The van der Waals surface area contributed by atoms with Crippen LogP contribution in [0.3, 0.4) is 0 Å². The summed E-state index contributed by atoms with van der Waals surface area (Å²) in [6.45, 7) is 2.20. The maximum absolute atomic E-state index is 12.0. The Bertz CT molecular complexity index is 400. The molecule has 1 rings (SSSR count). The van der Waals surface area contributed by atoms with Gasteiger partial charge in [0.15, 0.2) is 5.96 Å². The molecule has 1 aromatic heterocycles. The Morgan fingerprint density at radius 3 is 2.67 bits per heavy atom. The van der Waals surface area contributed by atoms with E-state index in [-0.39, 0.29) is 6.54 Å². The third-order valence-electron chi connectivity index (χ3n) is 2.02. The first-order chi connectivity index (χ1) is 8.40. The summed E-state index contributed by atoms with van der Waals surface area (Å²) < 4.78 is 35.9. The van der Waals surface area contributed by atoms with Crippen molar-refractivity contribution >= 4 is 17.3 Å². The molecular weight excluding hydrogens is 265 g/mol. The third kappa shape index (κ3) is 5.85. The van der Waals surface area contributed by atoms with Crippen molar-refractivity contribution < 1.29 is 13.2 Å². The number of guanidine groups is 1. The molecular formula is C10H15F3N4S. The Hall–Kier alpha value is -1.31. The quantitative estimate of drug-likeness (QED) is 0.655. The van der Waals surface area contributed by atoms with E-state index in [2.05, 4.69) is 20.6 Å². The fourth-order valence-corrected chi connectivity index (χ4v) is 1.94. The standard InChI is InChI=1S/C10H15F3N4S/c1-7-16-5-8(18-7)6-17-9(14-2)15-4-3-10(11,12)13/h5H,3-4,6H2,1-2H3,(H2,14,15,17). The monoisotopic (exact) mass is 280 g/mol. The zero-order chi connectivity index (χ0) is 13.6. The van der Waals surface area contributed by atoms with Gasteiger partial charge in [0.05, 0.1) is 18.0 Å². The predicted octanol–water partition coefficient (Wildman–Crippen LogP) is 2.07. The highest BCUT2D eigenvalue weighted by Crippen LogP contribution is 2.18. The van der Waals surface area contributed by atoms with E-state index in [4.69, 9.17) is 0 Å². The van der Waals surface area contributed by atoms with Gasteiger partial charge in [-0.1, -0.05) is 0 Å². The average molecular weight is 280 g/mol. The van der Waals surface area contributed by atoms with E-state index in [1.54, 1.807) is 6.20 Å². The lowest BCUT2D eigenvalue weighted by Crippen LogP contribution is -2.38. The van der Waals surface area contributed by atoms with Crippen LogP contribution in [0.1, 0.15) is 16.3 Å². The van der Waals surface area contributed by atoms with E-state index >= 15 is 0 Å². The second-order valence-corrected chi connectivity index (χ2v) is 4.88. The molecule has 0 atom stereocenters. The molecule has 102 valence electrons. The summed E-state index contributed by atoms with van der Waals surface area (Å²) in [6, 6.07) is 0. The molecule has 0 bridgehead atoms. The van der Waals surface area contributed by atoms with Crippen LogP contribution in [0.25, 0.3) is 0 Å². The van der Waals surface area contributed by atoms with Crippen molar-refractivity contribution in [2.24, 2.45) is 4.99 Å². The van der Waals surface area contributed by atoms with E-state index in [1.165, 1.54) is 18.4 Å². The number of thiazole rings is 1. The minimum absolute atomic E-state index is 0.190. The van der Waals surface area contributed by atoms with Crippen molar-refractivity contribution in [1.29, 1.82) is 0 Å². The highest BCUT2D eigenvalue weighted by Gasteiger charge is 2.26. The normalized spacial score (nSPS) is 12.6. The van der Waals surface area contributed by atoms with Crippen LogP contribution in [0, 0.1) is 6.92 Å². The molecule has 0 aromatic carbocycles. The van der Waals surface area contributed by atoms with Gasteiger partial charge >= 0.3 is 6.18 Å². The maximum atomic E-state index is 12.0. The Morgan fingerprint density at radius 1 is 1.44 bits per heavy atom. The third-order valence-corrected chi connectivity index (χ3v) is 2.94.